The van der Waals surface area contributed by atoms with Crippen molar-refractivity contribution in [2.75, 3.05) is 19.8 Å². The van der Waals surface area contributed by atoms with E-state index in [0.717, 1.165) is 30.9 Å². The Morgan fingerprint density at radius 1 is 1.17 bits per heavy atom. The van der Waals surface area contributed by atoms with Gasteiger partial charge in [0.25, 0.3) is 0 Å². The van der Waals surface area contributed by atoms with E-state index in [-0.39, 0.29) is 0 Å². The molecule has 0 aliphatic heterocycles. The van der Waals surface area contributed by atoms with Crippen LogP contribution in [0.4, 0.5) is 0 Å². The fourth-order valence-corrected chi connectivity index (χ4v) is 5.03. The Labute approximate surface area is 79.9 Å². The Kier molecular flexibility index (Phi) is 7.39. The number of nitrogens with two attached hydrogens (primary N) is 1. The van der Waals surface area contributed by atoms with Crippen LogP contribution in [0.3, 0.4) is 0 Å². The van der Waals surface area contributed by atoms with Crippen molar-refractivity contribution >= 4 is 0 Å². The van der Waals surface area contributed by atoms with Gasteiger partial charge in [0.2, 0.25) is 0 Å². The van der Waals surface area contributed by atoms with E-state index in [9.17, 15) is 0 Å². The Balaban J connectivity index is 3.80. The summed E-state index contributed by atoms with van der Waals surface area (Å²) >= 11 is -2.35. The molecule has 0 fully saturated rings. The Morgan fingerprint density at radius 3 is 2.00 bits per heavy atom. The van der Waals surface area contributed by atoms with Crippen molar-refractivity contribution < 1.29 is 24.0 Å². The summed E-state index contributed by atoms with van der Waals surface area (Å²) in [5, 5.41) is 2.16. The average molecular weight is 211 g/mol. The minimum atomic E-state index is -2.35. The standard InChI is InChI=1S/C3H8N.2C2H5O.CH3.Ti/c1-2-3-4;2*1-2-3;;/h1-4H2;2*2H2,1H3;1H3;/q;2*-1;;+2. The zero-order valence-electron chi connectivity index (χ0n) is 8.43. The van der Waals surface area contributed by atoms with Crippen molar-refractivity contribution in [3.8, 4) is 0 Å². The molecule has 0 spiro atoms. The van der Waals surface area contributed by atoms with Crippen molar-refractivity contribution in [1.82, 2.24) is 0 Å². The van der Waals surface area contributed by atoms with Gasteiger partial charge in [-0.1, -0.05) is 0 Å². The van der Waals surface area contributed by atoms with Crippen LogP contribution < -0.4 is 5.73 Å². The normalized spacial score (nSPS) is 12.0. The Hall–Kier alpha value is 0.594. The number of hydrogen-bond acceptors (Lipinski definition) is 3. The number of hydrogen-bond donors (Lipinski definition) is 1. The molecule has 0 atom stereocenters. The molecule has 0 aromatic carbocycles. The van der Waals surface area contributed by atoms with E-state index in [1.54, 1.807) is 0 Å². The molecule has 0 aliphatic rings. The van der Waals surface area contributed by atoms with Gasteiger partial charge in [0.1, 0.15) is 0 Å². The van der Waals surface area contributed by atoms with Gasteiger partial charge in [0.05, 0.1) is 0 Å². The van der Waals surface area contributed by atoms with Crippen LogP contribution in [-0.2, 0) is 24.0 Å². The van der Waals surface area contributed by atoms with E-state index >= 15 is 0 Å². The summed E-state index contributed by atoms with van der Waals surface area (Å²) < 4.78 is 12.4. The van der Waals surface area contributed by atoms with Gasteiger partial charge < -0.3 is 0 Å². The van der Waals surface area contributed by atoms with Gasteiger partial charge in [-0.25, -0.2) is 0 Å². The molecule has 4 heteroatoms. The van der Waals surface area contributed by atoms with Gasteiger partial charge in [-0.15, -0.1) is 0 Å². The predicted octanol–water partition coefficient (Wildman–Crippen LogP) is 1.86. The molecule has 0 aliphatic carbocycles. The zero-order valence-corrected chi connectivity index (χ0v) is 9.99. The summed E-state index contributed by atoms with van der Waals surface area (Å²) in [4.78, 5) is 0. The molecule has 0 amide bonds. The Bertz CT molecular complexity index is 105. The molecule has 0 radical (unpaired) electrons. The average Bonchev–Trinajstić information content (AvgIpc) is 2.02. The summed E-state index contributed by atoms with van der Waals surface area (Å²) in [7, 11) is 0. The first-order valence-corrected chi connectivity index (χ1v) is 8.60. The van der Waals surface area contributed by atoms with Crippen LogP contribution in [0.5, 0.6) is 0 Å². The third-order valence-corrected chi connectivity index (χ3v) is 6.51. The molecule has 0 saturated carbocycles. The van der Waals surface area contributed by atoms with Gasteiger partial charge in [-0.05, 0) is 0 Å². The van der Waals surface area contributed by atoms with Crippen LogP contribution in [0.2, 0.25) is 9.95 Å². The molecule has 0 bridgehead atoms. The maximum atomic E-state index is 5.68. The van der Waals surface area contributed by atoms with Crippen LogP contribution in [0.25, 0.3) is 0 Å². The molecule has 0 heterocycles. The van der Waals surface area contributed by atoms with Gasteiger partial charge >= 0.3 is 79.7 Å². The van der Waals surface area contributed by atoms with E-state index < -0.39 is 17.4 Å². The third kappa shape index (κ3) is 5.28. The fraction of sp³-hybridized carbons (Fsp3) is 1.00. The van der Waals surface area contributed by atoms with Crippen molar-refractivity contribution in [3.05, 3.63) is 0 Å². The van der Waals surface area contributed by atoms with Crippen LogP contribution in [-0.4, -0.2) is 19.8 Å². The minimum absolute atomic E-state index is 0.737. The van der Waals surface area contributed by atoms with Gasteiger partial charge in [-0.2, -0.15) is 0 Å². The van der Waals surface area contributed by atoms with Gasteiger partial charge in [-0.3, -0.25) is 0 Å². The molecule has 2 N–H and O–H groups in total. The molecule has 0 aromatic heterocycles. The maximum absolute atomic E-state index is 5.68. The van der Waals surface area contributed by atoms with Crippen LogP contribution >= 0.6 is 0 Å². The molecule has 12 heavy (non-hydrogen) atoms. The molecule has 0 rings (SSSR count). The van der Waals surface area contributed by atoms with Gasteiger partial charge in [0, 0.05) is 0 Å². The second-order valence-corrected chi connectivity index (χ2v) is 8.12. The van der Waals surface area contributed by atoms with E-state index in [0.29, 0.717) is 0 Å². The predicted molar refractivity (Wildman–Crippen MR) is 47.6 cm³/mol. The van der Waals surface area contributed by atoms with Crippen LogP contribution in [0.15, 0.2) is 0 Å². The van der Waals surface area contributed by atoms with Crippen LogP contribution in [0, 0.1) is 0 Å². The molecular weight excluding hydrogens is 190 g/mol. The fourth-order valence-electron chi connectivity index (χ4n) is 1.22. The van der Waals surface area contributed by atoms with E-state index in [2.05, 4.69) is 5.23 Å². The van der Waals surface area contributed by atoms with E-state index in [1.165, 1.54) is 0 Å². The van der Waals surface area contributed by atoms with E-state index in [1.807, 2.05) is 13.8 Å². The first-order valence-electron chi connectivity index (χ1n) is 4.66. The van der Waals surface area contributed by atoms with Crippen molar-refractivity contribution in [2.45, 2.75) is 30.2 Å². The zero-order chi connectivity index (χ0) is 9.45. The third-order valence-electron chi connectivity index (χ3n) is 1.73. The number of rotatable bonds is 7. The van der Waals surface area contributed by atoms with Crippen molar-refractivity contribution in [3.63, 3.8) is 0 Å². The second-order valence-electron chi connectivity index (χ2n) is 2.89. The molecule has 3 nitrogen and oxygen atoms in total. The topological polar surface area (TPSA) is 44.5 Å². The summed E-state index contributed by atoms with van der Waals surface area (Å²) in [6.45, 7) is 6.30. The molecular formula is C8H21NO2Ti. The quantitative estimate of drug-likeness (QED) is 0.653. The summed E-state index contributed by atoms with van der Waals surface area (Å²) in [6, 6.07) is 0. The van der Waals surface area contributed by atoms with Crippen molar-refractivity contribution in [2.24, 2.45) is 5.73 Å². The summed E-state index contributed by atoms with van der Waals surface area (Å²) in [5.74, 6) is 0. The van der Waals surface area contributed by atoms with Crippen molar-refractivity contribution in [1.29, 1.82) is 0 Å². The molecule has 0 saturated heterocycles. The second kappa shape index (κ2) is 7.04. The monoisotopic (exact) mass is 211 g/mol. The van der Waals surface area contributed by atoms with Gasteiger partial charge in [0.15, 0.2) is 0 Å². The molecule has 74 valence electrons. The molecule has 0 aromatic rings. The van der Waals surface area contributed by atoms with Crippen LogP contribution in [0.1, 0.15) is 20.3 Å². The first kappa shape index (κ1) is 12.6. The van der Waals surface area contributed by atoms with E-state index in [4.69, 9.17) is 12.4 Å². The summed E-state index contributed by atoms with van der Waals surface area (Å²) in [6.07, 6.45) is 1.02. The Morgan fingerprint density at radius 2 is 1.67 bits per heavy atom. The first-order chi connectivity index (χ1) is 5.68. The molecule has 0 unspecified atom stereocenters. The summed E-state index contributed by atoms with van der Waals surface area (Å²) in [5.41, 5.74) is 5.45. The SMILES string of the molecule is CC[O][Ti]([CH3])([CH2]CCN)[O]CC.